The first-order chi connectivity index (χ1) is 8.82. The van der Waals surface area contributed by atoms with Gasteiger partial charge in [0, 0.05) is 30.8 Å². The van der Waals surface area contributed by atoms with Gasteiger partial charge in [-0.15, -0.1) is 0 Å². The maximum absolute atomic E-state index is 12.2. The Hall–Kier alpha value is -1.36. The number of carbonyl (C=O) groups excluding carboxylic acids is 1. The quantitative estimate of drug-likeness (QED) is 0.779. The van der Waals surface area contributed by atoms with Gasteiger partial charge < -0.3 is 14.9 Å². The van der Waals surface area contributed by atoms with E-state index < -0.39 is 5.97 Å². The largest absolute Gasteiger partial charge is 0.478 e. The molecule has 0 aromatic heterocycles. The van der Waals surface area contributed by atoms with Gasteiger partial charge >= 0.3 is 5.97 Å². The van der Waals surface area contributed by atoms with E-state index in [9.17, 15) is 9.59 Å². The van der Waals surface area contributed by atoms with Crippen molar-refractivity contribution in [3.63, 3.8) is 0 Å². The Labute approximate surface area is 114 Å². The van der Waals surface area contributed by atoms with E-state index in [1.54, 1.807) is 11.8 Å². The highest BCUT2D eigenvalue weighted by Crippen LogP contribution is 2.20. The molecular weight excluding hydrogens is 244 g/mol. The molecule has 0 atom stereocenters. The van der Waals surface area contributed by atoms with Crippen molar-refractivity contribution in [1.29, 1.82) is 0 Å². The summed E-state index contributed by atoms with van der Waals surface area (Å²) < 4.78 is 0. The Kier molecular flexibility index (Phi) is 5.54. The molecule has 0 saturated carbocycles. The molecule has 5 heteroatoms. The van der Waals surface area contributed by atoms with Gasteiger partial charge in [-0.2, -0.15) is 0 Å². The van der Waals surface area contributed by atoms with E-state index in [2.05, 4.69) is 19.0 Å². The average molecular weight is 268 g/mol. The maximum Gasteiger partial charge on any atom is 0.331 e. The zero-order valence-electron chi connectivity index (χ0n) is 12.3. The van der Waals surface area contributed by atoms with Gasteiger partial charge in [0.15, 0.2) is 0 Å². The van der Waals surface area contributed by atoms with Crippen LogP contribution in [0.3, 0.4) is 0 Å². The molecule has 1 aliphatic rings. The molecule has 1 saturated heterocycles. The minimum Gasteiger partial charge on any atom is -0.478 e. The molecule has 1 rings (SSSR count). The molecule has 1 fully saturated rings. The molecule has 1 heterocycles. The highest BCUT2D eigenvalue weighted by Gasteiger charge is 2.25. The van der Waals surface area contributed by atoms with Crippen LogP contribution in [-0.2, 0) is 9.59 Å². The standard InChI is InChI=1S/C14H24N2O3/c1-10(11(2)14(18)19)13(17)16-7-5-12(6-8-16)9-15(3)4/h12H,5-9H2,1-4H3,(H,18,19). The van der Waals surface area contributed by atoms with Crippen LogP contribution in [0.5, 0.6) is 0 Å². The first kappa shape index (κ1) is 15.7. The molecule has 5 nitrogen and oxygen atoms in total. The van der Waals surface area contributed by atoms with Crippen LogP contribution >= 0.6 is 0 Å². The molecule has 0 bridgehead atoms. The number of carbonyl (C=O) groups is 2. The smallest absolute Gasteiger partial charge is 0.331 e. The summed E-state index contributed by atoms with van der Waals surface area (Å²) in [4.78, 5) is 27.0. The van der Waals surface area contributed by atoms with Gasteiger partial charge in [-0.3, -0.25) is 4.79 Å². The number of nitrogens with zero attached hydrogens (tertiary/aromatic N) is 2. The zero-order chi connectivity index (χ0) is 14.6. The molecule has 0 unspecified atom stereocenters. The van der Waals surface area contributed by atoms with E-state index in [1.807, 2.05) is 0 Å². The van der Waals surface area contributed by atoms with Gasteiger partial charge in [-0.1, -0.05) is 0 Å². The number of rotatable bonds is 4. The summed E-state index contributed by atoms with van der Waals surface area (Å²) in [5, 5.41) is 8.91. The highest BCUT2D eigenvalue weighted by atomic mass is 16.4. The van der Waals surface area contributed by atoms with E-state index in [4.69, 9.17) is 5.11 Å². The fraction of sp³-hybridized carbons (Fsp3) is 0.714. The van der Waals surface area contributed by atoms with Crippen molar-refractivity contribution in [1.82, 2.24) is 9.80 Å². The summed E-state index contributed by atoms with van der Waals surface area (Å²) in [6.07, 6.45) is 1.98. The van der Waals surface area contributed by atoms with Crippen LogP contribution in [0.2, 0.25) is 0 Å². The Morgan fingerprint density at radius 3 is 2.11 bits per heavy atom. The number of piperidine rings is 1. The molecule has 108 valence electrons. The van der Waals surface area contributed by atoms with E-state index in [1.165, 1.54) is 6.92 Å². The van der Waals surface area contributed by atoms with Crippen LogP contribution in [0.1, 0.15) is 26.7 Å². The van der Waals surface area contributed by atoms with Crippen LogP contribution in [0.25, 0.3) is 0 Å². The lowest BCUT2D eigenvalue weighted by Gasteiger charge is -2.33. The summed E-state index contributed by atoms with van der Waals surface area (Å²) in [5.74, 6) is -0.527. The number of aliphatic carboxylic acids is 1. The third-order valence-corrected chi connectivity index (χ3v) is 3.73. The number of hydrogen-bond acceptors (Lipinski definition) is 3. The normalized spacial score (nSPS) is 18.5. The molecule has 19 heavy (non-hydrogen) atoms. The highest BCUT2D eigenvalue weighted by molar-refractivity contribution is 6.01. The van der Waals surface area contributed by atoms with Crippen molar-refractivity contribution in [2.24, 2.45) is 5.92 Å². The molecule has 0 aromatic carbocycles. The second-order valence-corrected chi connectivity index (χ2v) is 5.55. The van der Waals surface area contributed by atoms with Gasteiger partial charge in [0.1, 0.15) is 0 Å². The predicted molar refractivity (Wildman–Crippen MR) is 73.9 cm³/mol. The van der Waals surface area contributed by atoms with Crippen molar-refractivity contribution >= 4 is 11.9 Å². The number of hydrogen-bond donors (Lipinski definition) is 1. The minimum atomic E-state index is -1.02. The number of likely N-dealkylation sites (tertiary alicyclic amines) is 1. The zero-order valence-corrected chi connectivity index (χ0v) is 12.3. The van der Waals surface area contributed by atoms with Gasteiger partial charge in [0.05, 0.1) is 0 Å². The fourth-order valence-corrected chi connectivity index (χ4v) is 2.39. The first-order valence-electron chi connectivity index (χ1n) is 6.67. The van der Waals surface area contributed by atoms with Crippen LogP contribution in [0.4, 0.5) is 0 Å². The first-order valence-corrected chi connectivity index (χ1v) is 6.67. The molecular formula is C14H24N2O3. The number of carboxylic acid groups (broad SMARTS) is 1. The van der Waals surface area contributed by atoms with Crippen LogP contribution in [0.15, 0.2) is 11.1 Å². The van der Waals surface area contributed by atoms with Crippen LogP contribution in [-0.4, -0.2) is 60.5 Å². The molecule has 0 aromatic rings. The average Bonchev–Trinajstić information content (AvgIpc) is 2.36. The van der Waals surface area contributed by atoms with Crippen molar-refractivity contribution in [3.8, 4) is 0 Å². The van der Waals surface area contributed by atoms with Crippen molar-refractivity contribution in [3.05, 3.63) is 11.1 Å². The number of amides is 1. The lowest BCUT2D eigenvalue weighted by Crippen LogP contribution is -2.41. The lowest BCUT2D eigenvalue weighted by atomic mass is 9.95. The van der Waals surface area contributed by atoms with Crippen LogP contribution in [0, 0.1) is 5.92 Å². The topological polar surface area (TPSA) is 60.9 Å². The van der Waals surface area contributed by atoms with Crippen molar-refractivity contribution < 1.29 is 14.7 Å². The second kappa shape index (κ2) is 6.70. The van der Waals surface area contributed by atoms with Gasteiger partial charge in [-0.25, -0.2) is 4.79 Å². The second-order valence-electron chi connectivity index (χ2n) is 5.55. The monoisotopic (exact) mass is 268 g/mol. The van der Waals surface area contributed by atoms with E-state index in [0.29, 0.717) is 11.5 Å². The Balaban J connectivity index is 2.58. The number of carboxylic acids is 1. The van der Waals surface area contributed by atoms with Gasteiger partial charge in [0.2, 0.25) is 5.91 Å². The summed E-state index contributed by atoms with van der Waals surface area (Å²) >= 11 is 0. The third-order valence-electron chi connectivity index (χ3n) is 3.73. The molecule has 1 aliphatic heterocycles. The van der Waals surface area contributed by atoms with Crippen molar-refractivity contribution in [2.75, 3.05) is 33.7 Å². The summed E-state index contributed by atoms with van der Waals surface area (Å²) in [6.45, 7) is 5.57. The summed E-state index contributed by atoms with van der Waals surface area (Å²) in [5.41, 5.74) is 0.485. The van der Waals surface area contributed by atoms with Gasteiger partial charge in [0.25, 0.3) is 0 Å². The maximum atomic E-state index is 12.2. The lowest BCUT2D eigenvalue weighted by molar-refractivity contribution is -0.134. The summed E-state index contributed by atoms with van der Waals surface area (Å²) in [7, 11) is 4.11. The van der Waals surface area contributed by atoms with E-state index >= 15 is 0 Å². The molecule has 0 radical (unpaired) electrons. The third kappa shape index (κ3) is 4.35. The minimum absolute atomic E-state index is 0.136. The Bertz CT molecular complexity index is 380. The Morgan fingerprint density at radius 2 is 1.68 bits per heavy atom. The van der Waals surface area contributed by atoms with Gasteiger partial charge in [-0.05, 0) is 46.7 Å². The van der Waals surface area contributed by atoms with E-state index in [-0.39, 0.29) is 11.5 Å². The Morgan fingerprint density at radius 1 is 1.16 bits per heavy atom. The van der Waals surface area contributed by atoms with Crippen LogP contribution < -0.4 is 0 Å². The molecule has 1 N–H and O–H groups in total. The van der Waals surface area contributed by atoms with E-state index in [0.717, 1.165) is 32.5 Å². The molecule has 0 spiro atoms. The molecule has 1 amide bonds. The van der Waals surface area contributed by atoms with Crippen molar-refractivity contribution in [2.45, 2.75) is 26.7 Å². The molecule has 0 aliphatic carbocycles. The predicted octanol–water partition coefficient (Wildman–Crippen LogP) is 1.21. The SMILES string of the molecule is CC(C(=O)O)=C(C)C(=O)N1CCC(CN(C)C)CC1. The fourth-order valence-electron chi connectivity index (χ4n) is 2.39. The summed E-state index contributed by atoms with van der Waals surface area (Å²) in [6, 6.07) is 0.